The number of rotatable bonds is 4. The average Bonchev–Trinajstić information content (AvgIpc) is 3.20. The van der Waals surface area contributed by atoms with Gasteiger partial charge in [0.1, 0.15) is 6.17 Å². The lowest BCUT2D eigenvalue weighted by Crippen LogP contribution is -2.54. The van der Waals surface area contributed by atoms with Crippen molar-refractivity contribution in [2.75, 3.05) is 20.2 Å². The van der Waals surface area contributed by atoms with Crippen LogP contribution in [0.4, 0.5) is 0 Å². The lowest BCUT2D eigenvalue weighted by Gasteiger charge is -2.42. The zero-order valence-electron chi connectivity index (χ0n) is 15.8. The number of likely N-dealkylation sites (N-methyl/N-ethyl adjacent to an activating group) is 1. The molecule has 2 aliphatic rings. The van der Waals surface area contributed by atoms with Gasteiger partial charge >= 0.3 is 0 Å². The lowest BCUT2D eigenvalue weighted by atomic mass is 9.82. The Morgan fingerprint density at radius 3 is 2.57 bits per heavy atom. The molecule has 1 saturated heterocycles. The second-order valence-electron chi connectivity index (χ2n) is 7.42. The van der Waals surface area contributed by atoms with E-state index in [2.05, 4.69) is 16.0 Å². The fraction of sp³-hybridized carbons (Fsp3) is 0.364. The van der Waals surface area contributed by atoms with Crippen molar-refractivity contribution < 1.29 is 9.90 Å². The third kappa shape index (κ3) is 3.46. The number of amides is 1. The van der Waals surface area contributed by atoms with Crippen molar-refractivity contribution >= 4 is 23.1 Å². The largest absolute Gasteiger partial charge is 0.395 e. The highest BCUT2D eigenvalue weighted by atomic mass is 35.5. The van der Waals surface area contributed by atoms with Crippen molar-refractivity contribution in [2.24, 2.45) is 0 Å². The number of aliphatic hydroxyl groups excluding tert-OH is 1. The first-order chi connectivity index (χ1) is 13.6. The van der Waals surface area contributed by atoms with E-state index in [4.69, 9.17) is 11.6 Å². The summed E-state index contributed by atoms with van der Waals surface area (Å²) in [4.78, 5) is 21.7. The molecule has 6 heteroatoms. The molecule has 5 nitrogen and oxygen atoms in total. The molecule has 1 fully saturated rings. The first-order valence-corrected chi connectivity index (χ1v) is 9.99. The summed E-state index contributed by atoms with van der Waals surface area (Å²) in [6, 6.07) is 11.4. The highest BCUT2D eigenvalue weighted by molar-refractivity contribution is 6.30. The number of hydrogen-bond donors (Lipinski definition) is 1. The van der Waals surface area contributed by atoms with Crippen molar-refractivity contribution in [3.63, 3.8) is 0 Å². The standard InChI is InChI=1S/C22H24ClN3O2/c1-25-20(26-12-2-3-18(26)14-27)13-19(15-8-10-24-11-9-15)21(22(25)28)16-4-6-17(23)7-5-16/h4-11,13,18,20-21,27H,2-3,12,14H2,1H3. The molecule has 3 unspecified atom stereocenters. The molecule has 3 atom stereocenters. The fourth-order valence-corrected chi connectivity index (χ4v) is 4.47. The third-order valence-electron chi connectivity index (χ3n) is 5.82. The molecule has 1 aromatic carbocycles. The zero-order valence-corrected chi connectivity index (χ0v) is 16.6. The molecule has 0 radical (unpaired) electrons. The lowest BCUT2D eigenvalue weighted by molar-refractivity contribution is -0.135. The molecule has 2 aromatic rings. The first kappa shape index (κ1) is 19.1. The van der Waals surface area contributed by atoms with Gasteiger partial charge in [0.25, 0.3) is 0 Å². The fourth-order valence-electron chi connectivity index (χ4n) is 4.34. The molecule has 0 aliphatic carbocycles. The van der Waals surface area contributed by atoms with Crippen LogP contribution in [0, 0.1) is 0 Å². The number of pyridine rings is 1. The van der Waals surface area contributed by atoms with Crippen LogP contribution < -0.4 is 0 Å². The molecule has 4 rings (SSSR count). The van der Waals surface area contributed by atoms with Gasteiger partial charge in [-0.05, 0) is 59.9 Å². The molecule has 1 aromatic heterocycles. The van der Waals surface area contributed by atoms with Crippen LogP contribution in [0.2, 0.25) is 5.02 Å². The molecule has 2 aliphatic heterocycles. The highest BCUT2D eigenvalue weighted by Crippen LogP contribution is 2.39. The van der Waals surface area contributed by atoms with Crippen LogP contribution in [0.15, 0.2) is 54.9 Å². The predicted octanol–water partition coefficient (Wildman–Crippen LogP) is 3.16. The predicted molar refractivity (Wildman–Crippen MR) is 110 cm³/mol. The van der Waals surface area contributed by atoms with Crippen LogP contribution in [0.25, 0.3) is 5.57 Å². The van der Waals surface area contributed by atoms with E-state index in [1.54, 1.807) is 17.3 Å². The number of hydrogen-bond acceptors (Lipinski definition) is 4. The Balaban J connectivity index is 1.81. The van der Waals surface area contributed by atoms with E-state index < -0.39 is 5.92 Å². The number of aliphatic hydroxyl groups is 1. The summed E-state index contributed by atoms with van der Waals surface area (Å²) >= 11 is 6.06. The van der Waals surface area contributed by atoms with E-state index in [1.807, 2.05) is 43.4 Å². The van der Waals surface area contributed by atoms with Crippen LogP contribution in [0.5, 0.6) is 0 Å². The molecule has 146 valence electrons. The van der Waals surface area contributed by atoms with Gasteiger partial charge in [0.05, 0.1) is 12.5 Å². The van der Waals surface area contributed by atoms with Gasteiger partial charge in [-0.2, -0.15) is 0 Å². The number of carbonyl (C=O) groups excluding carboxylic acids is 1. The zero-order chi connectivity index (χ0) is 19.7. The Morgan fingerprint density at radius 1 is 1.18 bits per heavy atom. The van der Waals surface area contributed by atoms with Crippen molar-refractivity contribution in [2.45, 2.75) is 31.0 Å². The summed E-state index contributed by atoms with van der Waals surface area (Å²) in [5.41, 5.74) is 2.88. The Kier molecular flexibility index (Phi) is 5.49. The summed E-state index contributed by atoms with van der Waals surface area (Å²) in [7, 11) is 1.85. The number of benzene rings is 1. The molecule has 28 heavy (non-hydrogen) atoms. The van der Waals surface area contributed by atoms with Crippen molar-refractivity contribution in [1.29, 1.82) is 0 Å². The Bertz CT molecular complexity index is 869. The van der Waals surface area contributed by atoms with Gasteiger partial charge in [-0.15, -0.1) is 0 Å². The van der Waals surface area contributed by atoms with Crippen LogP contribution >= 0.6 is 11.6 Å². The van der Waals surface area contributed by atoms with Crippen LogP contribution in [0.1, 0.15) is 29.9 Å². The SMILES string of the molecule is CN1C(=O)C(c2ccc(Cl)cc2)C(c2ccncc2)=CC1N1CCCC1CO. The molecule has 1 amide bonds. The maximum Gasteiger partial charge on any atom is 0.235 e. The van der Waals surface area contributed by atoms with Gasteiger partial charge in [0.15, 0.2) is 0 Å². The number of nitrogens with zero attached hydrogens (tertiary/aromatic N) is 3. The van der Waals surface area contributed by atoms with E-state index in [1.165, 1.54) is 0 Å². The van der Waals surface area contributed by atoms with E-state index in [0.717, 1.165) is 36.1 Å². The van der Waals surface area contributed by atoms with Gasteiger partial charge in [-0.25, -0.2) is 0 Å². The Hall–Kier alpha value is -2.21. The normalized spacial score (nSPS) is 25.8. The molecule has 0 bridgehead atoms. The van der Waals surface area contributed by atoms with Gasteiger partial charge in [0, 0.05) is 37.1 Å². The molecular formula is C22H24ClN3O2. The third-order valence-corrected chi connectivity index (χ3v) is 6.07. The topological polar surface area (TPSA) is 56.7 Å². The van der Waals surface area contributed by atoms with Crippen molar-refractivity contribution in [1.82, 2.24) is 14.8 Å². The first-order valence-electron chi connectivity index (χ1n) is 9.61. The van der Waals surface area contributed by atoms with E-state index in [-0.39, 0.29) is 24.7 Å². The summed E-state index contributed by atoms with van der Waals surface area (Å²) in [5, 5.41) is 10.4. The maximum absolute atomic E-state index is 13.5. The van der Waals surface area contributed by atoms with E-state index in [9.17, 15) is 9.90 Å². The number of aromatic nitrogens is 1. The Morgan fingerprint density at radius 2 is 1.89 bits per heavy atom. The summed E-state index contributed by atoms with van der Waals surface area (Å²) in [5.74, 6) is -0.346. The minimum absolute atomic E-state index is 0.0465. The van der Waals surface area contributed by atoms with E-state index in [0.29, 0.717) is 5.02 Å². The molecular weight excluding hydrogens is 374 g/mol. The summed E-state index contributed by atoms with van der Waals surface area (Å²) in [6.45, 7) is 0.983. The maximum atomic E-state index is 13.5. The van der Waals surface area contributed by atoms with Crippen molar-refractivity contribution in [3.05, 3.63) is 71.0 Å². The minimum Gasteiger partial charge on any atom is -0.395 e. The van der Waals surface area contributed by atoms with Gasteiger partial charge in [-0.1, -0.05) is 23.7 Å². The number of likely N-dealkylation sites (tertiary alicyclic amines) is 1. The average molecular weight is 398 g/mol. The molecule has 0 saturated carbocycles. The van der Waals surface area contributed by atoms with Crippen LogP contribution in [-0.2, 0) is 4.79 Å². The second-order valence-corrected chi connectivity index (χ2v) is 7.86. The highest BCUT2D eigenvalue weighted by Gasteiger charge is 2.41. The molecule has 1 N–H and O–H groups in total. The second kappa shape index (κ2) is 8.03. The van der Waals surface area contributed by atoms with E-state index >= 15 is 0 Å². The number of halogens is 1. The van der Waals surface area contributed by atoms with Gasteiger partial charge in [0.2, 0.25) is 5.91 Å². The van der Waals surface area contributed by atoms with Crippen LogP contribution in [0.3, 0.4) is 0 Å². The number of carbonyl (C=O) groups is 1. The van der Waals surface area contributed by atoms with Gasteiger partial charge in [-0.3, -0.25) is 14.7 Å². The Labute approximate surface area is 170 Å². The van der Waals surface area contributed by atoms with Crippen LogP contribution in [-0.4, -0.2) is 58.2 Å². The molecule has 3 heterocycles. The molecule has 0 spiro atoms. The van der Waals surface area contributed by atoms with Gasteiger partial charge < -0.3 is 10.0 Å². The summed E-state index contributed by atoms with van der Waals surface area (Å²) < 4.78 is 0. The smallest absolute Gasteiger partial charge is 0.235 e. The summed E-state index contributed by atoms with van der Waals surface area (Å²) in [6.07, 6.45) is 7.48. The quantitative estimate of drug-likeness (QED) is 0.861. The monoisotopic (exact) mass is 397 g/mol. The minimum atomic E-state index is -0.393. The van der Waals surface area contributed by atoms with Crippen molar-refractivity contribution in [3.8, 4) is 0 Å².